The van der Waals surface area contributed by atoms with Gasteiger partial charge in [-0.15, -0.1) is 0 Å². The van der Waals surface area contributed by atoms with Gasteiger partial charge >= 0.3 is 0 Å². The Morgan fingerprint density at radius 2 is 1.83 bits per heavy atom. The molecule has 96 valence electrons. The molecular weight excluding hydrogens is 248 g/mol. The van der Waals surface area contributed by atoms with E-state index in [1.165, 1.54) is 4.68 Å². The van der Waals surface area contributed by atoms with Crippen LogP contribution in [0.15, 0.2) is 24.3 Å². The maximum Gasteiger partial charge on any atom is 0.150 e. The quantitative estimate of drug-likeness (QED) is 0.778. The lowest BCUT2D eigenvalue weighted by molar-refractivity contribution is 0.532. The third kappa shape index (κ3) is 2.04. The van der Waals surface area contributed by atoms with Gasteiger partial charge in [0.05, 0.1) is 5.02 Å². The highest BCUT2D eigenvalue weighted by atomic mass is 35.5. The second kappa shape index (κ2) is 4.21. The molecule has 0 fully saturated rings. The normalized spacial score (nSPS) is 11.8. The van der Waals surface area contributed by atoms with Gasteiger partial charge in [-0.25, -0.2) is 9.66 Å². The van der Waals surface area contributed by atoms with Crippen molar-refractivity contribution in [1.82, 2.24) is 9.66 Å². The van der Waals surface area contributed by atoms with Gasteiger partial charge in [0.25, 0.3) is 0 Å². The topological polar surface area (TPSA) is 69.9 Å². The zero-order valence-electron chi connectivity index (χ0n) is 10.7. The summed E-state index contributed by atoms with van der Waals surface area (Å²) in [5, 5.41) is 0.614. The summed E-state index contributed by atoms with van der Waals surface area (Å²) < 4.78 is 1.43. The lowest BCUT2D eigenvalue weighted by Crippen LogP contribution is -2.24. The van der Waals surface area contributed by atoms with Crippen molar-refractivity contribution in [2.45, 2.75) is 26.2 Å². The lowest BCUT2D eigenvalue weighted by Gasteiger charge is -2.17. The van der Waals surface area contributed by atoms with Crippen molar-refractivity contribution >= 4 is 17.4 Å². The third-order valence-corrected chi connectivity index (χ3v) is 3.08. The molecule has 1 aromatic carbocycles. The fourth-order valence-electron chi connectivity index (χ4n) is 1.83. The van der Waals surface area contributed by atoms with Crippen molar-refractivity contribution < 1.29 is 0 Å². The molecule has 0 saturated heterocycles. The monoisotopic (exact) mass is 264 g/mol. The van der Waals surface area contributed by atoms with E-state index in [0.29, 0.717) is 16.5 Å². The average Bonchev–Trinajstić information content (AvgIpc) is 2.57. The van der Waals surface area contributed by atoms with Crippen molar-refractivity contribution in [3.05, 3.63) is 35.1 Å². The first-order chi connectivity index (χ1) is 8.32. The van der Waals surface area contributed by atoms with E-state index >= 15 is 0 Å². The minimum absolute atomic E-state index is 0.178. The molecule has 0 radical (unpaired) electrons. The van der Waals surface area contributed by atoms with Crippen LogP contribution in [0.1, 0.15) is 26.6 Å². The Bertz CT molecular complexity index is 581. The number of nitrogens with two attached hydrogens (primary N) is 2. The number of rotatable bonds is 1. The number of benzene rings is 1. The largest absolute Gasteiger partial charge is 0.382 e. The van der Waals surface area contributed by atoms with E-state index in [1.54, 1.807) is 0 Å². The van der Waals surface area contributed by atoms with Gasteiger partial charge in [0.1, 0.15) is 11.5 Å². The number of hydrogen-bond donors (Lipinski definition) is 2. The number of imidazole rings is 1. The van der Waals surface area contributed by atoms with Crippen molar-refractivity contribution in [2.75, 3.05) is 11.6 Å². The first kappa shape index (κ1) is 12.8. The molecule has 0 spiro atoms. The summed E-state index contributed by atoms with van der Waals surface area (Å²) in [4.78, 5) is 4.54. The molecule has 0 atom stereocenters. The fraction of sp³-hybridized carbons (Fsp3) is 0.308. The van der Waals surface area contributed by atoms with E-state index in [0.717, 1.165) is 11.4 Å². The molecule has 4 N–H and O–H groups in total. The minimum Gasteiger partial charge on any atom is -0.382 e. The van der Waals surface area contributed by atoms with Crippen molar-refractivity contribution in [3.8, 4) is 11.3 Å². The molecular formula is C13H17ClN4. The standard InChI is InChI=1S/C13H17ClN4/c1-13(2,3)12-17-10(11(15)18(12)16)8-6-4-5-7-9(8)14/h4-7H,15-16H2,1-3H3. The Balaban J connectivity index is 2.65. The summed E-state index contributed by atoms with van der Waals surface area (Å²) in [6, 6.07) is 7.45. The lowest BCUT2D eigenvalue weighted by atomic mass is 9.96. The number of nitrogen functional groups attached to an aromatic ring is 2. The van der Waals surface area contributed by atoms with Crippen LogP contribution in [0.25, 0.3) is 11.3 Å². The van der Waals surface area contributed by atoms with E-state index in [2.05, 4.69) is 4.98 Å². The van der Waals surface area contributed by atoms with E-state index in [1.807, 2.05) is 45.0 Å². The minimum atomic E-state index is -0.178. The summed E-state index contributed by atoms with van der Waals surface area (Å²) >= 11 is 6.16. The molecule has 0 amide bonds. The Labute approximate surface area is 112 Å². The maximum absolute atomic E-state index is 6.16. The average molecular weight is 265 g/mol. The third-order valence-electron chi connectivity index (χ3n) is 2.75. The van der Waals surface area contributed by atoms with Gasteiger partial charge in [0.15, 0.2) is 5.82 Å². The molecule has 0 aliphatic rings. The summed E-state index contributed by atoms with van der Waals surface area (Å²) in [5.74, 6) is 7.12. The van der Waals surface area contributed by atoms with Crippen LogP contribution in [0.2, 0.25) is 5.02 Å². The number of halogens is 1. The molecule has 1 heterocycles. The van der Waals surface area contributed by atoms with Gasteiger partial charge in [0, 0.05) is 11.0 Å². The van der Waals surface area contributed by atoms with Crippen LogP contribution in [-0.2, 0) is 5.41 Å². The summed E-state index contributed by atoms with van der Waals surface area (Å²) in [6.07, 6.45) is 0. The van der Waals surface area contributed by atoms with Crippen LogP contribution >= 0.6 is 11.6 Å². The highest BCUT2D eigenvalue weighted by Gasteiger charge is 2.25. The molecule has 5 heteroatoms. The molecule has 0 unspecified atom stereocenters. The second-order valence-corrected chi connectivity index (χ2v) is 5.68. The van der Waals surface area contributed by atoms with Crippen LogP contribution in [-0.4, -0.2) is 9.66 Å². The van der Waals surface area contributed by atoms with Crippen molar-refractivity contribution in [3.63, 3.8) is 0 Å². The molecule has 1 aromatic heterocycles. The molecule has 2 rings (SSSR count). The van der Waals surface area contributed by atoms with E-state index in [9.17, 15) is 0 Å². The Hall–Kier alpha value is -1.68. The van der Waals surface area contributed by atoms with Crippen molar-refractivity contribution in [1.29, 1.82) is 0 Å². The molecule has 18 heavy (non-hydrogen) atoms. The molecule has 0 bridgehead atoms. The summed E-state index contributed by atoms with van der Waals surface area (Å²) in [7, 11) is 0. The highest BCUT2D eigenvalue weighted by Crippen LogP contribution is 2.33. The molecule has 0 aliphatic heterocycles. The van der Waals surface area contributed by atoms with Crippen LogP contribution in [0.4, 0.5) is 5.82 Å². The first-order valence-electron chi connectivity index (χ1n) is 5.71. The summed E-state index contributed by atoms with van der Waals surface area (Å²) in [5.41, 5.74) is 7.27. The van der Waals surface area contributed by atoms with Crippen LogP contribution in [0.5, 0.6) is 0 Å². The molecule has 4 nitrogen and oxygen atoms in total. The zero-order valence-corrected chi connectivity index (χ0v) is 11.5. The predicted octanol–water partition coefficient (Wildman–Crippen LogP) is 2.80. The zero-order chi connectivity index (χ0) is 13.5. The maximum atomic E-state index is 6.16. The van der Waals surface area contributed by atoms with Gasteiger partial charge < -0.3 is 11.6 Å². The number of nitrogens with zero attached hydrogens (tertiary/aromatic N) is 2. The Morgan fingerprint density at radius 1 is 1.22 bits per heavy atom. The highest BCUT2D eigenvalue weighted by molar-refractivity contribution is 6.33. The van der Waals surface area contributed by atoms with E-state index < -0.39 is 0 Å². The van der Waals surface area contributed by atoms with Gasteiger partial charge in [-0.3, -0.25) is 0 Å². The first-order valence-corrected chi connectivity index (χ1v) is 6.09. The van der Waals surface area contributed by atoms with Gasteiger partial charge in [0.2, 0.25) is 0 Å². The van der Waals surface area contributed by atoms with Gasteiger partial charge in [-0.1, -0.05) is 50.6 Å². The SMILES string of the molecule is CC(C)(C)c1nc(-c2ccccc2Cl)c(N)n1N. The van der Waals surface area contributed by atoms with Crippen LogP contribution < -0.4 is 11.6 Å². The molecule has 0 aliphatic carbocycles. The number of aromatic nitrogens is 2. The summed E-state index contributed by atoms with van der Waals surface area (Å²) in [6.45, 7) is 6.11. The second-order valence-electron chi connectivity index (χ2n) is 5.27. The van der Waals surface area contributed by atoms with E-state index in [-0.39, 0.29) is 5.41 Å². The predicted molar refractivity (Wildman–Crippen MR) is 75.9 cm³/mol. The fourth-order valence-corrected chi connectivity index (χ4v) is 2.05. The van der Waals surface area contributed by atoms with E-state index in [4.69, 9.17) is 23.2 Å². The smallest absolute Gasteiger partial charge is 0.150 e. The van der Waals surface area contributed by atoms with Gasteiger partial charge in [-0.2, -0.15) is 0 Å². The van der Waals surface area contributed by atoms with Gasteiger partial charge in [-0.05, 0) is 6.07 Å². The van der Waals surface area contributed by atoms with Crippen molar-refractivity contribution in [2.24, 2.45) is 0 Å². The van der Waals surface area contributed by atoms with Crippen LogP contribution in [0.3, 0.4) is 0 Å². The Kier molecular flexibility index (Phi) is 2.99. The molecule has 0 saturated carbocycles. The number of hydrogen-bond acceptors (Lipinski definition) is 3. The molecule has 2 aromatic rings. The number of anilines is 1. The van der Waals surface area contributed by atoms with Crippen LogP contribution in [0, 0.1) is 0 Å². The Morgan fingerprint density at radius 3 is 2.33 bits per heavy atom.